The van der Waals surface area contributed by atoms with Crippen molar-refractivity contribution in [2.45, 2.75) is 6.92 Å². The molecule has 33 heavy (non-hydrogen) atoms. The van der Waals surface area contributed by atoms with E-state index in [2.05, 4.69) is 10.5 Å². The van der Waals surface area contributed by atoms with E-state index in [-0.39, 0.29) is 5.91 Å². The van der Waals surface area contributed by atoms with Crippen LogP contribution in [0.3, 0.4) is 0 Å². The molecule has 0 aromatic heterocycles. The molecule has 4 aromatic rings. The maximum Gasteiger partial charge on any atom is 0.343 e. The van der Waals surface area contributed by atoms with Crippen molar-refractivity contribution < 1.29 is 19.1 Å². The molecule has 1 N–H and O–H groups in total. The number of esters is 1. The topological polar surface area (TPSA) is 77.0 Å². The molecule has 6 nitrogen and oxygen atoms in total. The number of carbonyl (C=O) groups excluding carboxylic acids is 2. The number of fused-ring (bicyclic) bond motifs is 1. The van der Waals surface area contributed by atoms with Crippen LogP contribution in [0.25, 0.3) is 10.8 Å². The second-order valence-corrected chi connectivity index (χ2v) is 7.39. The first kappa shape index (κ1) is 21.8. The third-order valence-corrected chi connectivity index (χ3v) is 5.08. The Labute approximate surface area is 191 Å². The maximum absolute atomic E-state index is 12.7. The number of hydrazone groups is 1. The highest BCUT2D eigenvalue weighted by atomic mass is 16.5. The lowest BCUT2D eigenvalue weighted by Gasteiger charge is -2.11. The van der Waals surface area contributed by atoms with E-state index in [0.717, 1.165) is 16.3 Å². The molecule has 0 fully saturated rings. The van der Waals surface area contributed by atoms with E-state index >= 15 is 0 Å². The Kier molecular flexibility index (Phi) is 6.45. The molecule has 0 aliphatic rings. The lowest BCUT2D eigenvalue weighted by Crippen LogP contribution is -2.17. The summed E-state index contributed by atoms with van der Waals surface area (Å²) in [5, 5.41) is 5.91. The summed E-state index contributed by atoms with van der Waals surface area (Å²) >= 11 is 0. The summed E-state index contributed by atoms with van der Waals surface area (Å²) in [6.07, 6.45) is 1.49. The van der Waals surface area contributed by atoms with Crippen LogP contribution in [0.1, 0.15) is 31.8 Å². The zero-order valence-electron chi connectivity index (χ0n) is 18.2. The highest BCUT2D eigenvalue weighted by molar-refractivity contribution is 6.04. The Bertz CT molecular complexity index is 1360. The standard InChI is InChI=1S/C27H22N2O4/c1-18-7-5-10-21(15-18)27(31)33-25-14-13-19-8-3-4-12-23(19)24(25)17-28-29-26(30)20-9-6-11-22(16-20)32-2/h3-17H,1-2H3,(H,29,30)/b28-17-. The van der Waals surface area contributed by atoms with Crippen molar-refractivity contribution in [2.75, 3.05) is 7.11 Å². The van der Waals surface area contributed by atoms with Gasteiger partial charge in [-0.3, -0.25) is 4.79 Å². The Hall–Kier alpha value is -4.45. The molecule has 0 saturated heterocycles. The van der Waals surface area contributed by atoms with E-state index in [4.69, 9.17) is 9.47 Å². The number of amides is 1. The number of nitrogens with zero attached hydrogens (tertiary/aromatic N) is 1. The van der Waals surface area contributed by atoms with Crippen LogP contribution in [0.2, 0.25) is 0 Å². The van der Waals surface area contributed by atoms with Gasteiger partial charge in [0.1, 0.15) is 11.5 Å². The average molecular weight is 438 g/mol. The molecule has 0 saturated carbocycles. The summed E-state index contributed by atoms with van der Waals surface area (Å²) in [5.74, 6) is 0.0679. The van der Waals surface area contributed by atoms with E-state index < -0.39 is 5.97 Å². The fraction of sp³-hybridized carbons (Fsp3) is 0.0741. The predicted octanol–water partition coefficient (Wildman–Crippen LogP) is 5.14. The minimum absolute atomic E-state index is 0.347. The summed E-state index contributed by atoms with van der Waals surface area (Å²) in [6.45, 7) is 1.91. The van der Waals surface area contributed by atoms with E-state index in [9.17, 15) is 9.59 Å². The molecule has 0 radical (unpaired) electrons. The lowest BCUT2D eigenvalue weighted by molar-refractivity contribution is 0.0734. The van der Waals surface area contributed by atoms with Crippen molar-refractivity contribution in [3.05, 3.63) is 107 Å². The normalized spacial score (nSPS) is 10.8. The molecular weight excluding hydrogens is 416 g/mol. The van der Waals surface area contributed by atoms with Gasteiger partial charge in [0.05, 0.1) is 18.9 Å². The van der Waals surface area contributed by atoms with Crippen molar-refractivity contribution in [2.24, 2.45) is 5.10 Å². The number of hydrogen-bond donors (Lipinski definition) is 1. The van der Waals surface area contributed by atoms with Crippen molar-refractivity contribution in [3.8, 4) is 11.5 Å². The summed E-state index contributed by atoms with van der Waals surface area (Å²) in [7, 11) is 1.54. The smallest absolute Gasteiger partial charge is 0.343 e. The quantitative estimate of drug-likeness (QED) is 0.196. The van der Waals surface area contributed by atoms with Crippen LogP contribution in [0.4, 0.5) is 0 Å². The molecule has 0 spiro atoms. The second-order valence-electron chi connectivity index (χ2n) is 7.39. The number of ether oxygens (including phenoxy) is 2. The molecule has 4 rings (SSSR count). The molecule has 0 bridgehead atoms. The molecular formula is C27H22N2O4. The predicted molar refractivity (Wildman–Crippen MR) is 128 cm³/mol. The molecule has 4 aromatic carbocycles. The van der Waals surface area contributed by atoms with E-state index in [1.165, 1.54) is 13.3 Å². The number of carbonyl (C=O) groups is 2. The minimum atomic E-state index is -0.468. The molecule has 6 heteroatoms. The first-order valence-corrected chi connectivity index (χ1v) is 10.3. The van der Waals surface area contributed by atoms with Crippen molar-refractivity contribution in [1.82, 2.24) is 5.43 Å². The van der Waals surface area contributed by atoms with Gasteiger partial charge in [-0.1, -0.05) is 54.1 Å². The third-order valence-electron chi connectivity index (χ3n) is 5.08. The van der Waals surface area contributed by atoms with Crippen molar-refractivity contribution in [3.63, 3.8) is 0 Å². The summed E-state index contributed by atoms with van der Waals surface area (Å²) in [6, 6.07) is 25.2. The van der Waals surface area contributed by atoms with Crippen LogP contribution < -0.4 is 14.9 Å². The van der Waals surface area contributed by atoms with Gasteiger partial charge in [-0.2, -0.15) is 5.10 Å². The van der Waals surface area contributed by atoms with Crippen LogP contribution in [0, 0.1) is 6.92 Å². The zero-order valence-corrected chi connectivity index (χ0v) is 18.2. The molecule has 0 aliphatic carbocycles. The fourth-order valence-corrected chi connectivity index (χ4v) is 3.41. The first-order valence-electron chi connectivity index (χ1n) is 10.3. The Balaban J connectivity index is 1.62. The zero-order chi connectivity index (χ0) is 23.2. The monoisotopic (exact) mass is 438 g/mol. The average Bonchev–Trinajstić information content (AvgIpc) is 2.85. The van der Waals surface area contributed by atoms with Crippen LogP contribution in [0.5, 0.6) is 11.5 Å². The maximum atomic E-state index is 12.7. The van der Waals surface area contributed by atoms with Crippen molar-refractivity contribution in [1.29, 1.82) is 0 Å². The van der Waals surface area contributed by atoms with Gasteiger partial charge < -0.3 is 9.47 Å². The van der Waals surface area contributed by atoms with Crippen LogP contribution in [-0.2, 0) is 0 Å². The number of hydrogen-bond acceptors (Lipinski definition) is 5. The summed E-state index contributed by atoms with van der Waals surface area (Å²) < 4.78 is 10.9. The second kappa shape index (κ2) is 9.78. The SMILES string of the molecule is COc1cccc(C(=O)N/N=C\c2c(OC(=O)c3cccc(C)c3)ccc3ccccc23)c1. The molecule has 0 atom stereocenters. The molecule has 0 aliphatic heterocycles. The number of methoxy groups -OCH3 is 1. The number of aryl methyl sites for hydroxylation is 1. The Morgan fingerprint density at radius 3 is 2.48 bits per heavy atom. The van der Waals surface area contributed by atoms with Gasteiger partial charge in [0.2, 0.25) is 0 Å². The number of rotatable bonds is 6. The highest BCUT2D eigenvalue weighted by Crippen LogP contribution is 2.27. The largest absolute Gasteiger partial charge is 0.497 e. The molecule has 1 amide bonds. The Morgan fingerprint density at radius 1 is 0.879 bits per heavy atom. The Morgan fingerprint density at radius 2 is 1.67 bits per heavy atom. The van der Waals surface area contributed by atoms with Crippen molar-refractivity contribution >= 4 is 28.9 Å². The van der Waals surface area contributed by atoms with Gasteiger partial charge in [-0.25, -0.2) is 10.2 Å². The minimum Gasteiger partial charge on any atom is -0.497 e. The fourth-order valence-electron chi connectivity index (χ4n) is 3.41. The van der Waals surface area contributed by atoms with Gasteiger partial charge in [0.15, 0.2) is 0 Å². The van der Waals surface area contributed by atoms with Gasteiger partial charge >= 0.3 is 5.97 Å². The number of nitrogens with one attached hydrogen (secondary N) is 1. The number of benzene rings is 4. The van der Waals surface area contributed by atoms with Crippen LogP contribution in [-0.4, -0.2) is 25.2 Å². The first-order chi connectivity index (χ1) is 16.0. The highest BCUT2D eigenvalue weighted by Gasteiger charge is 2.14. The lowest BCUT2D eigenvalue weighted by atomic mass is 10.0. The van der Waals surface area contributed by atoms with E-state index in [1.807, 2.05) is 49.4 Å². The molecule has 0 heterocycles. The third kappa shape index (κ3) is 5.07. The molecule has 164 valence electrons. The summed E-state index contributed by atoms with van der Waals surface area (Å²) in [5.41, 5.74) is 4.93. The van der Waals surface area contributed by atoms with Gasteiger partial charge in [-0.05, 0) is 54.1 Å². The van der Waals surface area contributed by atoms with Gasteiger partial charge in [-0.15, -0.1) is 0 Å². The van der Waals surface area contributed by atoms with Gasteiger partial charge in [0.25, 0.3) is 5.91 Å². The van der Waals surface area contributed by atoms with E-state index in [0.29, 0.717) is 28.2 Å². The molecule has 0 unspecified atom stereocenters. The van der Waals surface area contributed by atoms with Crippen LogP contribution >= 0.6 is 0 Å². The summed E-state index contributed by atoms with van der Waals surface area (Å²) in [4.78, 5) is 25.2. The van der Waals surface area contributed by atoms with Gasteiger partial charge in [0, 0.05) is 11.1 Å². The van der Waals surface area contributed by atoms with Crippen LogP contribution in [0.15, 0.2) is 90.0 Å². The van der Waals surface area contributed by atoms with E-state index in [1.54, 1.807) is 42.5 Å².